The molecule has 0 bridgehead atoms. The quantitative estimate of drug-likeness (QED) is 0.643. The number of terminal acetylenes is 1. The van der Waals surface area contributed by atoms with Crippen molar-refractivity contribution in [2.45, 2.75) is 13.8 Å². The fraction of sp³-hybridized carbons (Fsp3) is 0.750. The molecule has 5 heteroatoms. The maximum atomic E-state index is 11.3. The molecule has 0 radical (unpaired) electrons. The third-order valence-electron chi connectivity index (χ3n) is 1.40. The van der Waals surface area contributed by atoms with E-state index in [0.717, 1.165) is 4.31 Å². The highest BCUT2D eigenvalue weighted by Crippen LogP contribution is 1.95. The average molecular weight is 204 g/mol. The van der Waals surface area contributed by atoms with Crippen molar-refractivity contribution >= 4 is 10.2 Å². The molecule has 0 aromatic heterocycles. The molecule has 0 saturated carbocycles. The van der Waals surface area contributed by atoms with Gasteiger partial charge in [0.05, 0.1) is 6.54 Å². The highest BCUT2D eigenvalue weighted by atomic mass is 32.2. The smallest absolute Gasteiger partial charge is 0.202 e. The van der Waals surface area contributed by atoms with Gasteiger partial charge < -0.3 is 0 Å². The summed E-state index contributed by atoms with van der Waals surface area (Å²) in [6.07, 6.45) is 5.00. The summed E-state index contributed by atoms with van der Waals surface area (Å²) in [6.45, 7) is 4.39. The van der Waals surface area contributed by atoms with Crippen LogP contribution in [0.15, 0.2) is 0 Å². The predicted octanol–water partition coefficient (Wildman–Crippen LogP) is 0.0418. The zero-order valence-electron chi connectivity index (χ0n) is 8.24. The van der Waals surface area contributed by atoms with Crippen LogP contribution in [-0.4, -0.2) is 32.9 Å². The van der Waals surface area contributed by atoms with Crippen molar-refractivity contribution in [1.29, 1.82) is 0 Å². The molecule has 4 nitrogen and oxygen atoms in total. The highest BCUT2D eigenvalue weighted by molar-refractivity contribution is 7.87. The first-order chi connectivity index (χ1) is 5.90. The summed E-state index contributed by atoms with van der Waals surface area (Å²) in [5.41, 5.74) is 0. The van der Waals surface area contributed by atoms with E-state index < -0.39 is 10.2 Å². The van der Waals surface area contributed by atoms with E-state index in [1.807, 2.05) is 13.8 Å². The molecule has 0 aliphatic heterocycles. The first kappa shape index (κ1) is 12.4. The van der Waals surface area contributed by atoms with Gasteiger partial charge in [-0.3, -0.25) is 0 Å². The summed E-state index contributed by atoms with van der Waals surface area (Å²) >= 11 is 0. The van der Waals surface area contributed by atoms with Crippen LogP contribution in [0.25, 0.3) is 0 Å². The molecule has 0 atom stereocenters. The second kappa shape index (κ2) is 5.22. The summed E-state index contributed by atoms with van der Waals surface area (Å²) in [5, 5.41) is 0. The van der Waals surface area contributed by atoms with Gasteiger partial charge >= 0.3 is 0 Å². The normalized spacial score (nSPS) is 12.0. The van der Waals surface area contributed by atoms with Gasteiger partial charge in [-0.15, -0.1) is 6.42 Å². The fourth-order valence-corrected chi connectivity index (χ4v) is 1.60. The summed E-state index contributed by atoms with van der Waals surface area (Å²) in [4.78, 5) is 0. The zero-order valence-corrected chi connectivity index (χ0v) is 9.06. The Morgan fingerprint density at radius 2 is 2.08 bits per heavy atom. The van der Waals surface area contributed by atoms with E-state index >= 15 is 0 Å². The van der Waals surface area contributed by atoms with Crippen LogP contribution in [-0.2, 0) is 10.2 Å². The van der Waals surface area contributed by atoms with Gasteiger partial charge in [0.2, 0.25) is 0 Å². The molecule has 0 aliphatic carbocycles. The monoisotopic (exact) mass is 204 g/mol. The summed E-state index contributed by atoms with van der Waals surface area (Å²) < 4.78 is 26.2. The third-order valence-corrected chi connectivity index (χ3v) is 2.88. The molecular weight excluding hydrogens is 188 g/mol. The van der Waals surface area contributed by atoms with Crippen molar-refractivity contribution < 1.29 is 8.42 Å². The van der Waals surface area contributed by atoms with Crippen LogP contribution in [0.5, 0.6) is 0 Å². The Morgan fingerprint density at radius 3 is 2.46 bits per heavy atom. The van der Waals surface area contributed by atoms with E-state index in [-0.39, 0.29) is 12.5 Å². The van der Waals surface area contributed by atoms with Gasteiger partial charge in [-0.05, 0) is 5.92 Å². The molecule has 0 unspecified atom stereocenters. The summed E-state index contributed by atoms with van der Waals surface area (Å²) in [5.74, 6) is 2.55. The SMILES string of the molecule is C#CCN(C)S(=O)(=O)NCC(C)C. The Labute approximate surface area is 80.5 Å². The molecule has 0 aromatic carbocycles. The second-order valence-corrected chi connectivity index (χ2v) is 5.07. The number of nitrogens with one attached hydrogen (secondary N) is 1. The van der Waals surface area contributed by atoms with Crippen LogP contribution in [0, 0.1) is 18.3 Å². The second-order valence-electron chi connectivity index (χ2n) is 3.21. The third kappa shape index (κ3) is 4.88. The number of hydrogen-bond donors (Lipinski definition) is 1. The number of hydrogen-bond acceptors (Lipinski definition) is 2. The van der Waals surface area contributed by atoms with Crippen molar-refractivity contribution in [2.75, 3.05) is 20.1 Å². The van der Waals surface area contributed by atoms with Crippen molar-refractivity contribution in [2.24, 2.45) is 5.92 Å². The summed E-state index contributed by atoms with van der Waals surface area (Å²) in [6, 6.07) is 0. The molecule has 0 saturated heterocycles. The highest BCUT2D eigenvalue weighted by Gasteiger charge is 2.15. The lowest BCUT2D eigenvalue weighted by molar-refractivity contribution is 0.480. The predicted molar refractivity (Wildman–Crippen MR) is 53.2 cm³/mol. The fourth-order valence-electron chi connectivity index (χ4n) is 0.596. The summed E-state index contributed by atoms with van der Waals surface area (Å²) in [7, 11) is -1.93. The largest absolute Gasteiger partial charge is 0.280 e. The van der Waals surface area contributed by atoms with E-state index in [4.69, 9.17) is 6.42 Å². The van der Waals surface area contributed by atoms with Crippen molar-refractivity contribution in [3.05, 3.63) is 0 Å². The van der Waals surface area contributed by atoms with Gasteiger partial charge in [0.25, 0.3) is 10.2 Å². The van der Waals surface area contributed by atoms with Crippen LogP contribution in [0.2, 0.25) is 0 Å². The first-order valence-corrected chi connectivity index (χ1v) is 5.48. The standard InChI is InChI=1S/C8H16N2O2S/c1-5-6-10(4)13(11,12)9-7-8(2)3/h1,8-9H,6-7H2,2-4H3. The van der Waals surface area contributed by atoms with E-state index in [2.05, 4.69) is 10.6 Å². The molecule has 13 heavy (non-hydrogen) atoms. The first-order valence-electron chi connectivity index (χ1n) is 4.04. The molecule has 0 spiro atoms. The van der Waals surface area contributed by atoms with E-state index in [9.17, 15) is 8.42 Å². The number of rotatable bonds is 5. The molecule has 76 valence electrons. The molecule has 0 heterocycles. The molecule has 0 aliphatic rings. The average Bonchev–Trinajstić information content (AvgIpc) is 2.01. The van der Waals surface area contributed by atoms with Crippen LogP contribution >= 0.6 is 0 Å². The van der Waals surface area contributed by atoms with Crippen molar-refractivity contribution in [3.63, 3.8) is 0 Å². The number of nitrogens with zero attached hydrogens (tertiary/aromatic N) is 1. The molecule has 0 aromatic rings. The lowest BCUT2D eigenvalue weighted by Crippen LogP contribution is -2.39. The van der Waals surface area contributed by atoms with Crippen LogP contribution in [0.4, 0.5) is 0 Å². The molecule has 0 fully saturated rings. The van der Waals surface area contributed by atoms with Gasteiger partial charge in [0, 0.05) is 13.6 Å². The van der Waals surface area contributed by atoms with Crippen LogP contribution in [0.3, 0.4) is 0 Å². The Morgan fingerprint density at radius 1 is 1.54 bits per heavy atom. The Balaban J connectivity index is 4.17. The van der Waals surface area contributed by atoms with E-state index in [0.29, 0.717) is 6.54 Å². The van der Waals surface area contributed by atoms with Gasteiger partial charge in [-0.25, -0.2) is 4.72 Å². The molecule has 0 rings (SSSR count). The van der Waals surface area contributed by atoms with E-state index in [1.165, 1.54) is 7.05 Å². The molecule has 1 N–H and O–H groups in total. The molecule has 0 amide bonds. The minimum Gasteiger partial charge on any atom is -0.202 e. The van der Waals surface area contributed by atoms with Crippen LogP contribution in [0.1, 0.15) is 13.8 Å². The van der Waals surface area contributed by atoms with Crippen molar-refractivity contribution in [1.82, 2.24) is 9.03 Å². The van der Waals surface area contributed by atoms with Crippen LogP contribution < -0.4 is 4.72 Å². The van der Waals surface area contributed by atoms with Gasteiger partial charge in [0.1, 0.15) is 0 Å². The lowest BCUT2D eigenvalue weighted by atomic mass is 10.2. The van der Waals surface area contributed by atoms with Gasteiger partial charge in [-0.1, -0.05) is 19.8 Å². The minimum atomic E-state index is -3.38. The van der Waals surface area contributed by atoms with Gasteiger partial charge in [-0.2, -0.15) is 12.7 Å². The molecular formula is C8H16N2O2S. The maximum absolute atomic E-state index is 11.3. The maximum Gasteiger partial charge on any atom is 0.280 e. The van der Waals surface area contributed by atoms with E-state index in [1.54, 1.807) is 0 Å². The van der Waals surface area contributed by atoms with Crippen molar-refractivity contribution in [3.8, 4) is 12.3 Å². The lowest BCUT2D eigenvalue weighted by Gasteiger charge is -2.15. The minimum absolute atomic E-state index is 0.0907. The van der Waals surface area contributed by atoms with Gasteiger partial charge in [0.15, 0.2) is 0 Å². The Kier molecular flexibility index (Phi) is 4.99. The Bertz CT molecular complexity index is 277. The topological polar surface area (TPSA) is 49.4 Å². The zero-order chi connectivity index (χ0) is 10.5. The Hall–Kier alpha value is -0.570.